The van der Waals surface area contributed by atoms with E-state index in [1.165, 1.54) is 4.90 Å². The molecule has 88 valence electrons. The summed E-state index contributed by atoms with van der Waals surface area (Å²) in [5, 5.41) is 0. The van der Waals surface area contributed by atoms with Crippen molar-refractivity contribution in [3.63, 3.8) is 0 Å². The average molecular weight is 215 g/mol. The Kier molecular flexibility index (Phi) is 4.78. The van der Waals surface area contributed by atoms with Gasteiger partial charge in [-0.3, -0.25) is 4.90 Å². The van der Waals surface area contributed by atoms with E-state index in [1.807, 2.05) is 20.8 Å². The first-order valence-electron chi connectivity index (χ1n) is 4.89. The van der Waals surface area contributed by atoms with E-state index < -0.39 is 5.60 Å². The van der Waals surface area contributed by atoms with Gasteiger partial charge in [-0.25, -0.2) is 4.79 Å². The lowest BCUT2D eigenvalue weighted by Gasteiger charge is -2.26. The highest BCUT2D eigenvalue weighted by molar-refractivity contribution is 5.74. The van der Waals surface area contributed by atoms with Crippen molar-refractivity contribution in [2.24, 2.45) is 0 Å². The van der Waals surface area contributed by atoms with Gasteiger partial charge in [-0.05, 0) is 33.6 Å². The minimum Gasteiger partial charge on any atom is -0.444 e. The van der Waals surface area contributed by atoms with Crippen molar-refractivity contribution in [3.05, 3.63) is 0 Å². The standard InChI is InChI=1S/C10H17NO3.CH4/c1-10(2,3)14-9(13)11-6-4-5-8(11)7-12;/h7-8H,4-6H2,1-3H3;1H4. The molecule has 0 N–H and O–H groups in total. The fraction of sp³-hybridized carbons (Fsp3) is 0.818. The number of nitrogens with zero attached hydrogens (tertiary/aromatic N) is 1. The van der Waals surface area contributed by atoms with Crippen LogP contribution < -0.4 is 0 Å². The van der Waals surface area contributed by atoms with E-state index in [0.29, 0.717) is 6.54 Å². The molecular weight excluding hydrogens is 194 g/mol. The van der Waals surface area contributed by atoms with Gasteiger partial charge in [0.05, 0.1) is 6.04 Å². The van der Waals surface area contributed by atoms with Crippen LogP contribution in [0.25, 0.3) is 0 Å². The molecule has 1 aliphatic rings. The molecule has 1 atom stereocenters. The summed E-state index contributed by atoms with van der Waals surface area (Å²) >= 11 is 0. The largest absolute Gasteiger partial charge is 0.444 e. The van der Waals surface area contributed by atoms with Crippen LogP contribution >= 0.6 is 0 Å². The Morgan fingerprint density at radius 2 is 2.07 bits per heavy atom. The minimum atomic E-state index is -0.493. The molecule has 1 aliphatic heterocycles. The van der Waals surface area contributed by atoms with Gasteiger partial charge in [0.25, 0.3) is 0 Å². The normalized spacial score (nSPS) is 20.7. The molecule has 0 saturated carbocycles. The Hall–Kier alpha value is -1.06. The molecule has 1 saturated heterocycles. The fourth-order valence-corrected chi connectivity index (χ4v) is 1.48. The van der Waals surface area contributed by atoms with Gasteiger partial charge in [0, 0.05) is 6.54 Å². The maximum absolute atomic E-state index is 11.6. The number of aldehydes is 1. The molecule has 4 heteroatoms. The molecule has 15 heavy (non-hydrogen) atoms. The van der Waals surface area contributed by atoms with E-state index in [4.69, 9.17) is 4.74 Å². The van der Waals surface area contributed by atoms with Crippen molar-refractivity contribution in [2.75, 3.05) is 6.54 Å². The number of carbonyl (C=O) groups is 2. The number of hydrogen-bond donors (Lipinski definition) is 0. The second kappa shape index (κ2) is 5.14. The second-order valence-corrected chi connectivity index (χ2v) is 4.52. The topological polar surface area (TPSA) is 46.6 Å². The van der Waals surface area contributed by atoms with Gasteiger partial charge < -0.3 is 9.53 Å². The third-order valence-corrected chi connectivity index (χ3v) is 2.08. The van der Waals surface area contributed by atoms with Crippen molar-refractivity contribution in [1.82, 2.24) is 4.90 Å². The van der Waals surface area contributed by atoms with Gasteiger partial charge in [-0.2, -0.15) is 0 Å². The van der Waals surface area contributed by atoms with Gasteiger partial charge in [-0.15, -0.1) is 0 Å². The molecule has 0 aromatic heterocycles. The first-order chi connectivity index (χ1) is 6.44. The lowest BCUT2D eigenvalue weighted by atomic mass is 10.2. The SMILES string of the molecule is C.CC(C)(C)OC(=O)N1CCCC1C=O. The van der Waals surface area contributed by atoms with Crippen LogP contribution in [0.15, 0.2) is 0 Å². The van der Waals surface area contributed by atoms with Crippen molar-refractivity contribution < 1.29 is 14.3 Å². The molecule has 1 unspecified atom stereocenters. The van der Waals surface area contributed by atoms with E-state index in [1.54, 1.807) is 0 Å². The number of rotatable bonds is 1. The van der Waals surface area contributed by atoms with Crippen molar-refractivity contribution in [2.45, 2.75) is 52.7 Å². The van der Waals surface area contributed by atoms with Crippen molar-refractivity contribution in [1.29, 1.82) is 0 Å². The summed E-state index contributed by atoms with van der Waals surface area (Å²) in [7, 11) is 0. The van der Waals surface area contributed by atoms with Crippen molar-refractivity contribution in [3.8, 4) is 0 Å². The highest BCUT2D eigenvalue weighted by Gasteiger charge is 2.31. The predicted molar refractivity (Wildman–Crippen MR) is 58.8 cm³/mol. The zero-order chi connectivity index (χ0) is 10.8. The van der Waals surface area contributed by atoms with Crippen LogP contribution in [0.5, 0.6) is 0 Å². The molecule has 1 amide bonds. The van der Waals surface area contributed by atoms with Crippen LogP contribution in [-0.4, -0.2) is 35.5 Å². The summed E-state index contributed by atoms with van der Waals surface area (Å²) in [6, 6.07) is -0.287. The number of hydrogen-bond acceptors (Lipinski definition) is 3. The van der Waals surface area contributed by atoms with Crippen LogP contribution in [0.2, 0.25) is 0 Å². The van der Waals surface area contributed by atoms with Crippen molar-refractivity contribution >= 4 is 12.4 Å². The summed E-state index contributed by atoms with van der Waals surface area (Å²) in [6.45, 7) is 6.07. The molecular formula is C11H21NO3. The Labute approximate surface area is 91.6 Å². The van der Waals surface area contributed by atoms with Gasteiger partial charge >= 0.3 is 6.09 Å². The van der Waals surface area contributed by atoms with E-state index in [-0.39, 0.29) is 19.6 Å². The lowest BCUT2D eigenvalue weighted by Crippen LogP contribution is -2.40. The highest BCUT2D eigenvalue weighted by Crippen LogP contribution is 2.19. The lowest BCUT2D eigenvalue weighted by molar-refractivity contribution is -0.111. The molecule has 1 heterocycles. The molecule has 0 bridgehead atoms. The maximum atomic E-state index is 11.6. The maximum Gasteiger partial charge on any atom is 0.410 e. The summed E-state index contributed by atoms with van der Waals surface area (Å²) in [5.74, 6) is 0. The third kappa shape index (κ3) is 3.90. The molecule has 0 spiro atoms. The monoisotopic (exact) mass is 215 g/mol. The van der Waals surface area contributed by atoms with Gasteiger partial charge in [-0.1, -0.05) is 7.43 Å². The molecule has 1 fully saturated rings. The molecule has 0 aromatic carbocycles. The first-order valence-corrected chi connectivity index (χ1v) is 4.89. The summed E-state index contributed by atoms with van der Waals surface area (Å²) in [4.78, 5) is 23.7. The van der Waals surface area contributed by atoms with Gasteiger partial charge in [0.2, 0.25) is 0 Å². The van der Waals surface area contributed by atoms with Crippen LogP contribution in [0.1, 0.15) is 41.0 Å². The van der Waals surface area contributed by atoms with E-state index in [0.717, 1.165) is 19.1 Å². The van der Waals surface area contributed by atoms with E-state index >= 15 is 0 Å². The summed E-state index contributed by atoms with van der Waals surface area (Å²) in [6.07, 6.45) is 2.06. The Morgan fingerprint density at radius 1 is 1.47 bits per heavy atom. The van der Waals surface area contributed by atoms with Crippen LogP contribution in [0, 0.1) is 0 Å². The average Bonchev–Trinajstić information content (AvgIpc) is 2.47. The van der Waals surface area contributed by atoms with E-state index in [9.17, 15) is 9.59 Å². The molecule has 0 aliphatic carbocycles. The number of likely N-dealkylation sites (tertiary alicyclic amines) is 1. The van der Waals surface area contributed by atoms with Gasteiger partial charge in [0.15, 0.2) is 0 Å². The summed E-state index contributed by atoms with van der Waals surface area (Å²) < 4.78 is 5.18. The van der Waals surface area contributed by atoms with Crippen LogP contribution in [-0.2, 0) is 9.53 Å². The quantitative estimate of drug-likeness (QED) is 0.630. The Balaban J connectivity index is 0.00000196. The number of ether oxygens (including phenoxy) is 1. The molecule has 1 rings (SSSR count). The molecule has 0 radical (unpaired) electrons. The Bertz CT molecular complexity index is 232. The Morgan fingerprint density at radius 3 is 2.53 bits per heavy atom. The third-order valence-electron chi connectivity index (χ3n) is 2.08. The van der Waals surface area contributed by atoms with E-state index in [2.05, 4.69) is 0 Å². The zero-order valence-electron chi connectivity index (χ0n) is 8.95. The summed E-state index contributed by atoms with van der Waals surface area (Å²) in [5.41, 5.74) is -0.493. The number of amides is 1. The first kappa shape index (κ1) is 13.9. The second-order valence-electron chi connectivity index (χ2n) is 4.52. The fourth-order valence-electron chi connectivity index (χ4n) is 1.48. The predicted octanol–water partition coefficient (Wildman–Crippen LogP) is 2.22. The zero-order valence-corrected chi connectivity index (χ0v) is 8.95. The van der Waals surface area contributed by atoms with Crippen LogP contribution in [0.3, 0.4) is 0 Å². The molecule has 4 nitrogen and oxygen atoms in total. The molecule has 0 aromatic rings. The minimum absolute atomic E-state index is 0. The number of carbonyl (C=O) groups excluding carboxylic acids is 2. The van der Waals surface area contributed by atoms with Gasteiger partial charge in [0.1, 0.15) is 11.9 Å². The smallest absolute Gasteiger partial charge is 0.410 e. The highest BCUT2D eigenvalue weighted by atomic mass is 16.6. The van der Waals surface area contributed by atoms with Crippen LogP contribution in [0.4, 0.5) is 4.79 Å².